The molecule has 29 heavy (non-hydrogen) atoms. The predicted octanol–water partition coefficient (Wildman–Crippen LogP) is 4.39. The van der Waals surface area contributed by atoms with Crippen LogP contribution in [0.5, 0.6) is 11.5 Å². The molecular formula is C24H30N2O3. The normalized spacial score (nSPS) is 16.1. The van der Waals surface area contributed by atoms with E-state index < -0.39 is 0 Å². The van der Waals surface area contributed by atoms with Gasteiger partial charge in [0.25, 0.3) is 0 Å². The lowest BCUT2D eigenvalue weighted by atomic mass is 9.87. The van der Waals surface area contributed by atoms with Gasteiger partial charge < -0.3 is 20.1 Å². The molecule has 1 unspecified atom stereocenters. The van der Waals surface area contributed by atoms with E-state index in [0.29, 0.717) is 23.8 Å². The van der Waals surface area contributed by atoms with Crippen LogP contribution < -0.4 is 20.1 Å². The van der Waals surface area contributed by atoms with Gasteiger partial charge in [0.05, 0.1) is 0 Å². The summed E-state index contributed by atoms with van der Waals surface area (Å²) in [5.74, 6) is 1.16. The third-order valence-corrected chi connectivity index (χ3v) is 4.76. The van der Waals surface area contributed by atoms with Gasteiger partial charge in [0.2, 0.25) is 5.91 Å². The number of fused-ring (bicyclic) bond motifs is 1. The number of hydrogen-bond donors (Lipinski definition) is 2. The van der Waals surface area contributed by atoms with Gasteiger partial charge in [-0.3, -0.25) is 4.79 Å². The molecule has 3 rings (SSSR count). The number of likely N-dealkylation sites (N-methyl/N-ethyl adjacent to an activating group) is 1. The van der Waals surface area contributed by atoms with Crippen molar-refractivity contribution in [3.05, 3.63) is 59.7 Å². The number of benzene rings is 2. The maximum absolute atomic E-state index is 12.3. The molecule has 0 fully saturated rings. The fraction of sp³-hybridized carbons (Fsp3) is 0.375. The molecule has 2 aromatic rings. The molecule has 0 radical (unpaired) electrons. The van der Waals surface area contributed by atoms with Crippen molar-refractivity contribution >= 4 is 17.7 Å². The summed E-state index contributed by atoms with van der Waals surface area (Å²) in [6.07, 6.45) is 3.34. The van der Waals surface area contributed by atoms with Gasteiger partial charge in [-0.1, -0.05) is 52.0 Å². The number of hydrogen-bond acceptors (Lipinski definition) is 4. The fourth-order valence-electron chi connectivity index (χ4n) is 3.05. The molecule has 2 aromatic carbocycles. The van der Waals surface area contributed by atoms with Crippen molar-refractivity contribution in [2.45, 2.75) is 39.2 Å². The van der Waals surface area contributed by atoms with E-state index in [0.717, 1.165) is 18.7 Å². The zero-order chi connectivity index (χ0) is 20.9. The lowest BCUT2D eigenvalue weighted by molar-refractivity contribution is -0.111. The first kappa shape index (κ1) is 20.9. The number of amides is 1. The molecule has 5 heteroatoms. The van der Waals surface area contributed by atoms with Crippen LogP contribution in [0, 0.1) is 0 Å². The monoisotopic (exact) mass is 394 g/mol. The van der Waals surface area contributed by atoms with Crippen LogP contribution in [0.4, 0.5) is 5.69 Å². The lowest BCUT2D eigenvalue weighted by Gasteiger charge is -2.27. The minimum atomic E-state index is -0.188. The van der Waals surface area contributed by atoms with Gasteiger partial charge >= 0.3 is 0 Å². The van der Waals surface area contributed by atoms with Crippen molar-refractivity contribution in [1.82, 2.24) is 5.32 Å². The molecule has 0 saturated carbocycles. The summed E-state index contributed by atoms with van der Waals surface area (Å²) in [4.78, 5) is 12.3. The van der Waals surface area contributed by atoms with Crippen LogP contribution in [0.3, 0.4) is 0 Å². The Balaban J connectivity index is 1.58. The maximum Gasteiger partial charge on any atom is 0.248 e. The van der Waals surface area contributed by atoms with Crippen molar-refractivity contribution < 1.29 is 14.3 Å². The highest BCUT2D eigenvalue weighted by Crippen LogP contribution is 2.34. The van der Waals surface area contributed by atoms with E-state index in [1.807, 2.05) is 30.3 Å². The van der Waals surface area contributed by atoms with Crippen LogP contribution in [-0.2, 0) is 10.2 Å². The Kier molecular flexibility index (Phi) is 6.60. The topological polar surface area (TPSA) is 59.6 Å². The number of rotatable bonds is 6. The van der Waals surface area contributed by atoms with E-state index in [9.17, 15) is 4.79 Å². The third kappa shape index (κ3) is 5.84. The Morgan fingerprint density at radius 2 is 1.90 bits per heavy atom. The number of carbonyl (C=O) groups is 1. The summed E-state index contributed by atoms with van der Waals surface area (Å²) >= 11 is 0. The summed E-state index contributed by atoms with van der Waals surface area (Å²) in [6, 6.07) is 13.7. The third-order valence-electron chi connectivity index (χ3n) is 4.76. The Bertz CT molecular complexity index is 867. The first-order valence-corrected chi connectivity index (χ1v) is 10.1. The first-order chi connectivity index (χ1) is 13.8. The highest BCUT2D eigenvalue weighted by atomic mass is 16.6. The molecule has 0 aliphatic carbocycles. The van der Waals surface area contributed by atoms with E-state index in [-0.39, 0.29) is 17.4 Å². The standard InChI is InChI=1S/C24H30N2O3/c1-5-25-15-20-16-28-22-14-19(11-12-21(22)29-20)26-23(27)13-8-17-6-9-18(10-7-17)24(2,3)4/h6-14,20,25H,5,15-16H2,1-4H3,(H,26,27)/b13-8+. The summed E-state index contributed by atoms with van der Waals surface area (Å²) < 4.78 is 11.7. The molecule has 5 nitrogen and oxygen atoms in total. The van der Waals surface area contributed by atoms with Gasteiger partial charge in [0.15, 0.2) is 11.5 Å². The zero-order valence-electron chi connectivity index (χ0n) is 17.6. The van der Waals surface area contributed by atoms with Crippen molar-refractivity contribution in [2.24, 2.45) is 0 Å². The first-order valence-electron chi connectivity index (χ1n) is 10.1. The smallest absolute Gasteiger partial charge is 0.248 e. The average Bonchev–Trinajstić information content (AvgIpc) is 2.70. The number of ether oxygens (including phenoxy) is 2. The molecule has 0 bridgehead atoms. The van der Waals surface area contributed by atoms with Crippen LogP contribution in [0.25, 0.3) is 6.08 Å². The van der Waals surface area contributed by atoms with Crippen molar-refractivity contribution in [3.63, 3.8) is 0 Å². The molecular weight excluding hydrogens is 364 g/mol. The largest absolute Gasteiger partial charge is 0.486 e. The van der Waals surface area contributed by atoms with E-state index in [1.165, 1.54) is 11.6 Å². The summed E-state index contributed by atoms with van der Waals surface area (Å²) in [5.41, 5.74) is 3.05. The highest BCUT2D eigenvalue weighted by Gasteiger charge is 2.21. The number of nitrogens with one attached hydrogen (secondary N) is 2. The van der Waals surface area contributed by atoms with Gasteiger partial charge in [-0.15, -0.1) is 0 Å². The van der Waals surface area contributed by atoms with Crippen molar-refractivity contribution in [1.29, 1.82) is 0 Å². The van der Waals surface area contributed by atoms with Gasteiger partial charge in [-0.2, -0.15) is 0 Å². The molecule has 0 aromatic heterocycles. The molecule has 0 spiro atoms. The van der Waals surface area contributed by atoms with Gasteiger partial charge in [-0.25, -0.2) is 0 Å². The minimum Gasteiger partial charge on any atom is -0.486 e. The minimum absolute atomic E-state index is 0.00417. The second kappa shape index (κ2) is 9.14. The molecule has 154 valence electrons. The summed E-state index contributed by atoms with van der Waals surface area (Å²) in [5, 5.41) is 6.12. The van der Waals surface area contributed by atoms with E-state index in [4.69, 9.17) is 9.47 Å². The SMILES string of the molecule is CCNCC1COc2cc(NC(=O)/C=C/c3ccc(C(C)(C)C)cc3)ccc2O1. The van der Waals surface area contributed by atoms with Gasteiger partial charge in [0, 0.05) is 24.4 Å². The van der Waals surface area contributed by atoms with E-state index in [2.05, 4.69) is 50.5 Å². The molecule has 2 N–H and O–H groups in total. The number of carbonyl (C=O) groups excluding carboxylic acids is 1. The highest BCUT2D eigenvalue weighted by molar-refractivity contribution is 6.02. The fourth-order valence-corrected chi connectivity index (χ4v) is 3.05. The zero-order valence-corrected chi connectivity index (χ0v) is 17.6. The Hall–Kier alpha value is -2.79. The van der Waals surface area contributed by atoms with Crippen molar-refractivity contribution in [3.8, 4) is 11.5 Å². The summed E-state index contributed by atoms with van der Waals surface area (Å²) in [7, 11) is 0. The molecule has 0 saturated heterocycles. The van der Waals surface area contributed by atoms with Gasteiger partial charge in [0.1, 0.15) is 12.7 Å². The Labute approximate surface area is 173 Å². The second-order valence-electron chi connectivity index (χ2n) is 8.21. The second-order valence-corrected chi connectivity index (χ2v) is 8.21. The molecule has 1 amide bonds. The molecule has 1 aliphatic heterocycles. The van der Waals surface area contributed by atoms with Crippen LogP contribution in [-0.4, -0.2) is 31.7 Å². The molecule has 1 atom stereocenters. The van der Waals surface area contributed by atoms with Crippen LogP contribution in [0.1, 0.15) is 38.8 Å². The quantitative estimate of drug-likeness (QED) is 0.714. The van der Waals surface area contributed by atoms with Gasteiger partial charge in [-0.05, 0) is 41.3 Å². The lowest BCUT2D eigenvalue weighted by Crippen LogP contribution is -2.38. The molecule has 1 heterocycles. The van der Waals surface area contributed by atoms with Crippen LogP contribution >= 0.6 is 0 Å². The maximum atomic E-state index is 12.3. The van der Waals surface area contributed by atoms with Crippen molar-refractivity contribution in [2.75, 3.05) is 25.0 Å². The Morgan fingerprint density at radius 1 is 1.14 bits per heavy atom. The average molecular weight is 395 g/mol. The van der Waals surface area contributed by atoms with E-state index >= 15 is 0 Å². The predicted molar refractivity (Wildman–Crippen MR) is 118 cm³/mol. The van der Waals surface area contributed by atoms with Crippen LogP contribution in [0.2, 0.25) is 0 Å². The van der Waals surface area contributed by atoms with E-state index in [1.54, 1.807) is 6.07 Å². The molecule has 1 aliphatic rings. The van der Waals surface area contributed by atoms with Crippen LogP contribution in [0.15, 0.2) is 48.5 Å². The Morgan fingerprint density at radius 3 is 2.59 bits per heavy atom. The summed E-state index contributed by atoms with van der Waals surface area (Å²) in [6.45, 7) is 10.7. The number of anilines is 1.